The number of aliphatic hydroxyl groups excluding tert-OH is 3. The van der Waals surface area contributed by atoms with E-state index < -0.39 is 18.2 Å². The van der Waals surface area contributed by atoms with Gasteiger partial charge in [-0.1, -0.05) is 6.08 Å². The van der Waals surface area contributed by atoms with Gasteiger partial charge in [-0.2, -0.15) is 4.98 Å². The number of fused-ring (bicyclic) bond motifs is 1. The molecule has 1 aliphatic heterocycles. The molecule has 1 saturated heterocycles. The van der Waals surface area contributed by atoms with Crippen LogP contribution in [0.2, 0.25) is 0 Å². The highest BCUT2D eigenvalue weighted by molar-refractivity contribution is 7.15. The molecular weight excluding hydrogens is 418 g/mol. The topological polar surface area (TPSA) is 133 Å². The molecule has 9 nitrogen and oxygen atoms in total. The number of allylic oxidation sites excluding steroid dienone is 1. The highest BCUT2D eigenvalue weighted by Gasteiger charge is 2.41. The molecule has 2 aliphatic carbocycles. The summed E-state index contributed by atoms with van der Waals surface area (Å²) in [5, 5.41) is 37.6. The molecule has 1 unspecified atom stereocenters. The van der Waals surface area contributed by atoms with E-state index in [9.17, 15) is 15.3 Å². The number of hydrogen-bond donors (Lipinski definition) is 5. The van der Waals surface area contributed by atoms with E-state index in [-0.39, 0.29) is 18.6 Å². The Morgan fingerprint density at radius 3 is 2.84 bits per heavy atom. The lowest BCUT2D eigenvalue weighted by molar-refractivity contribution is 0.00446. The van der Waals surface area contributed by atoms with E-state index in [1.54, 1.807) is 17.5 Å². The molecule has 0 radical (unpaired) electrons. The highest BCUT2D eigenvalue weighted by Crippen LogP contribution is 2.37. The van der Waals surface area contributed by atoms with Crippen LogP contribution in [-0.2, 0) is 11.2 Å². The number of hydrogen-bond acceptors (Lipinski definition) is 10. The van der Waals surface area contributed by atoms with Crippen molar-refractivity contribution >= 4 is 29.2 Å². The van der Waals surface area contributed by atoms with Gasteiger partial charge in [-0.05, 0) is 31.8 Å². The van der Waals surface area contributed by atoms with Crippen molar-refractivity contribution < 1.29 is 20.1 Å². The number of nitrogens with one attached hydrogen (secondary N) is 2. The van der Waals surface area contributed by atoms with Gasteiger partial charge >= 0.3 is 0 Å². The molecule has 31 heavy (non-hydrogen) atoms. The summed E-state index contributed by atoms with van der Waals surface area (Å²) in [6, 6.07) is -0.272. The van der Waals surface area contributed by atoms with E-state index in [1.165, 1.54) is 4.88 Å². The number of thiazole rings is 1. The Bertz CT molecular complexity index is 961. The van der Waals surface area contributed by atoms with Crippen molar-refractivity contribution in [3.8, 4) is 10.6 Å². The Kier molecular flexibility index (Phi) is 5.89. The Morgan fingerprint density at radius 1 is 1.19 bits per heavy atom. The smallest absolute Gasteiger partial charge is 0.224 e. The van der Waals surface area contributed by atoms with Crippen LogP contribution < -0.4 is 10.6 Å². The number of aliphatic hydroxyl groups is 3. The zero-order chi connectivity index (χ0) is 21.4. The summed E-state index contributed by atoms with van der Waals surface area (Å²) in [4.78, 5) is 15.2. The zero-order valence-corrected chi connectivity index (χ0v) is 17.9. The lowest BCUT2D eigenvalue weighted by Gasteiger charge is -2.20. The predicted octanol–water partition coefficient (Wildman–Crippen LogP) is 1.27. The predicted molar refractivity (Wildman–Crippen MR) is 118 cm³/mol. The van der Waals surface area contributed by atoms with Crippen molar-refractivity contribution in [2.45, 2.75) is 50.0 Å². The molecule has 1 saturated carbocycles. The van der Waals surface area contributed by atoms with Gasteiger partial charge in [-0.25, -0.2) is 9.97 Å². The molecule has 2 fully saturated rings. The summed E-state index contributed by atoms with van der Waals surface area (Å²) < 4.78 is 5.42. The molecular formula is C21H27N5O4S. The summed E-state index contributed by atoms with van der Waals surface area (Å²) in [5.41, 5.74) is 1.74. The van der Waals surface area contributed by atoms with Crippen LogP contribution in [0.3, 0.4) is 0 Å². The number of aryl methyl sites for hydroxylation is 1. The van der Waals surface area contributed by atoms with E-state index in [1.807, 2.05) is 6.08 Å². The van der Waals surface area contributed by atoms with Crippen LogP contribution in [0.25, 0.3) is 16.6 Å². The van der Waals surface area contributed by atoms with Gasteiger partial charge < -0.3 is 30.7 Å². The molecule has 0 spiro atoms. The number of aromatic nitrogens is 3. The number of anilines is 2. The standard InChI is InChI=1S/C21H27N5O4S/c27-9-11-7-15(18(29)17(11)28)24-19-13(20-25-14-3-1-2-4-16(14)31-20)8-22-21(26-19)23-12-5-6-30-10-12/h1,3,8,11-12,15,17-18,27-29H,2,4-7,9-10H2,(H2,22,23,24,26)/t11-,12?,15-,17-,18+/m1/s1. The van der Waals surface area contributed by atoms with Crippen LogP contribution in [0.4, 0.5) is 11.8 Å². The second-order valence-corrected chi connectivity index (χ2v) is 9.42. The van der Waals surface area contributed by atoms with E-state index in [2.05, 4.69) is 21.7 Å². The number of rotatable bonds is 6. The fourth-order valence-electron chi connectivity index (χ4n) is 4.37. The average Bonchev–Trinajstić information content (AvgIpc) is 3.50. The molecule has 5 atom stereocenters. The van der Waals surface area contributed by atoms with E-state index in [4.69, 9.17) is 14.7 Å². The summed E-state index contributed by atoms with van der Waals surface area (Å²) >= 11 is 1.63. The largest absolute Gasteiger partial charge is 0.396 e. The van der Waals surface area contributed by atoms with Crippen molar-refractivity contribution in [2.24, 2.45) is 5.92 Å². The first-order chi connectivity index (χ1) is 15.1. The SMILES string of the molecule is OC[C@H]1C[C@@H](Nc2nc(NC3CCOC3)ncc2-c2nc3c(s2)CCC=C3)[C@H](O)[C@@H]1O. The Labute approximate surface area is 184 Å². The van der Waals surface area contributed by atoms with Crippen LogP contribution in [0, 0.1) is 5.92 Å². The maximum absolute atomic E-state index is 10.5. The Morgan fingerprint density at radius 2 is 2.10 bits per heavy atom. The highest BCUT2D eigenvalue weighted by atomic mass is 32.1. The first kappa shape index (κ1) is 20.8. The molecule has 2 aromatic heterocycles. The van der Waals surface area contributed by atoms with Crippen molar-refractivity contribution in [3.63, 3.8) is 0 Å². The first-order valence-corrected chi connectivity index (χ1v) is 11.6. The maximum Gasteiger partial charge on any atom is 0.224 e. The van der Waals surface area contributed by atoms with E-state index in [0.29, 0.717) is 31.4 Å². The first-order valence-electron chi connectivity index (χ1n) is 10.7. The van der Waals surface area contributed by atoms with Gasteiger partial charge in [0.05, 0.1) is 36.1 Å². The lowest BCUT2D eigenvalue weighted by atomic mass is 10.1. The summed E-state index contributed by atoms with van der Waals surface area (Å²) in [6.45, 7) is 1.16. The molecule has 5 N–H and O–H groups in total. The van der Waals surface area contributed by atoms with Gasteiger partial charge in [0.1, 0.15) is 16.9 Å². The molecule has 0 aromatic carbocycles. The van der Waals surface area contributed by atoms with Crippen molar-refractivity contribution in [3.05, 3.63) is 22.8 Å². The fourth-order valence-corrected chi connectivity index (χ4v) is 5.45. The molecule has 0 amide bonds. The Hall–Kier alpha value is -2.11. The van der Waals surface area contributed by atoms with Gasteiger partial charge in [-0.3, -0.25) is 0 Å². The molecule has 3 aliphatic rings. The van der Waals surface area contributed by atoms with Crippen LogP contribution >= 0.6 is 11.3 Å². The zero-order valence-electron chi connectivity index (χ0n) is 17.1. The quantitative estimate of drug-likeness (QED) is 0.446. The van der Waals surface area contributed by atoms with Crippen molar-refractivity contribution in [2.75, 3.05) is 30.5 Å². The number of nitrogens with zero attached hydrogens (tertiary/aromatic N) is 3. The van der Waals surface area contributed by atoms with Gasteiger partial charge in [0, 0.05) is 30.2 Å². The van der Waals surface area contributed by atoms with Gasteiger partial charge in [0.25, 0.3) is 0 Å². The summed E-state index contributed by atoms with van der Waals surface area (Å²) in [7, 11) is 0. The summed E-state index contributed by atoms with van der Waals surface area (Å²) in [5.74, 6) is 0.666. The fraction of sp³-hybridized carbons (Fsp3) is 0.571. The van der Waals surface area contributed by atoms with E-state index >= 15 is 0 Å². The van der Waals surface area contributed by atoms with Crippen LogP contribution in [0.1, 0.15) is 29.8 Å². The monoisotopic (exact) mass is 445 g/mol. The van der Waals surface area contributed by atoms with Gasteiger partial charge in [0.2, 0.25) is 5.95 Å². The Balaban J connectivity index is 1.46. The van der Waals surface area contributed by atoms with Gasteiger partial charge in [-0.15, -0.1) is 11.3 Å². The van der Waals surface area contributed by atoms with E-state index in [0.717, 1.165) is 35.5 Å². The van der Waals surface area contributed by atoms with Crippen molar-refractivity contribution in [1.29, 1.82) is 0 Å². The van der Waals surface area contributed by atoms with Crippen molar-refractivity contribution in [1.82, 2.24) is 15.0 Å². The van der Waals surface area contributed by atoms with Crippen LogP contribution in [0.15, 0.2) is 12.3 Å². The third-order valence-electron chi connectivity index (χ3n) is 6.18. The number of ether oxygens (including phenoxy) is 1. The van der Waals surface area contributed by atoms with Crippen LogP contribution in [0.5, 0.6) is 0 Å². The molecule has 0 bridgehead atoms. The summed E-state index contributed by atoms with van der Waals surface area (Å²) in [6.07, 6.45) is 7.28. The van der Waals surface area contributed by atoms with Crippen LogP contribution in [-0.4, -0.2) is 74.4 Å². The van der Waals surface area contributed by atoms with Gasteiger partial charge in [0.15, 0.2) is 0 Å². The third-order valence-corrected chi connectivity index (χ3v) is 7.35. The minimum absolute atomic E-state index is 0.161. The lowest BCUT2D eigenvalue weighted by Crippen LogP contribution is -2.35. The molecule has 3 heterocycles. The molecule has 10 heteroatoms. The molecule has 5 rings (SSSR count). The minimum atomic E-state index is -0.993. The maximum atomic E-state index is 10.5. The average molecular weight is 446 g/mol. The normalized spacial score (nSPS) is 29.8. The second kappa shape index (κ2) is 8.79. The molecule has 166 valence electrons. The third kappa shape index (κ3) is 4.18. The minimum Gasteiger partial charge on any atom is -0.396 e. The second-order valence-electron chi connectivity index (χ2n) is 8.34. The molecule has 2 aromatic rings.